The Morgan fingerprint density at radius 1 is 1.00 bits per heavy atom. The monoisotopic (exact) mass is 409 g/mol. The molecule has 3 aromatic rings. The Morgan fingerprint density at radius 2 is 1.57 bits per heavy atom. The zero-order valence-electron chi connectivity index (χ0n) is 15.7. The van der Waals surface area contributed by atoms with Crippen LogP contribution in [0.25, 0.3) is 0 Å². The third-order valence-corrected chi connectivity index (χ3v) is 5.02. The number of halogens is 2. The molecule has 2 amide bonds. The van der Waals surface area contributed by atoms with Crippen molar-refractivity contribution in [1.82, 2.24) is 9.88 Å². The summed E-state index contributed by atoms with van der Waals surface area (Å²) < 4.78 is 33.2. The van der Waals surface area contributed by atoms with Gasteiger partial charge in [-0.15, -0.1) is 0 Å². The van der Waals surface area contributed by atoms with Crippen molar-refractivity contribution in [1.29, 1.82) is 0 Å². The highest BCUT2D eigenvalue weighted by atomic mass is 19.1. The quantitative estimate of drug-likeness (QED) is 0.701. The maximum absolute atomic E-state index is 13.7. The Hall–Kier alpha value is -3.81. The van der Waals surface area contributed by atoms with E-state index in [1.807, 2.05) is 0 Å². The molecule has 1 atom stereocenters. The lowest BCUT2D eigenvalue weighted by Gasteiger charge is -2.35. The van der Waals surface area contributed by atoms with Gasteiger partial charge in [0.2, 0.25) is 5.91 Å². The zero-order chi connectivity index (χ0) is 21.3. The van der Waals surface area contributed by atoms with E-state index in [2.05, 4.69) is 4.98 Å². The van der Waals surface area contributed by atoms with Crippen molar-refractivity contribution < 1.29 is 23.1 Å². The standard InChI is InChI=1S/C22H17F2N3O3/c23-16-8-4-14(5-9-16)22(15-6-10-17(24)11-7-15)20(18-3-1-2-12-26-18)27(13-19(25)28)21(29)30-22/h1-12,20H,13H2,(H2,25,28). The van der Waals surface area contributed by atoms with Gasteiger partial charge < -0.3 is 10.5 Å². The maximum Gasteiger partial charge on any atom is 0.412 e. The van der Waals surface area contributed by atoms with Crippen LogP contribution in [0.2, 0.25) is 0 Å². The van der Waals surface area contributed by atoms with Crippen molar-refractivity contribution >= 4 is 12.0 Å². The van der Waals surface area contributed by atoms with Crippen molar-refractivity contribution in [3.05, 3.63) is 101 Å². The van der Waals surface area contributed by atoms with E-state index in [1.54, 1.807) is 24.4 Å². The number of hydrogen-bond donors (Lipinski definition) is 1. The number of carbonyl (C=O) groups is 2. The molecule has 0 aliphatic carbocycles. The van der Waals surface area contributed by atoms with Crippen LogP contribution >= 0.6 is 0 Å². The Morgan fingerprint density at radius 3 is 2.03 bits per heavy atom. The summed E-state index contributed by atoms with van der Waals surface area (Å²) in [7, 11) is 0. The number of rotatable bonds is 5. The molecule has 1 aliphatic rings. The minimum Gasteiger partial charge on any atom is -0.430 e. The molecule has 1 aliphatic heterocycles. The molecule has 0 spiro atoms. The van der Waals surface area contributed by atoms with Gasteiger partial charge in [0, 0.05) is 17.3 Å². The molecule has 2 heterocycles. The molecule has 1 unspecified atom stereocenters. The first kappa shape index (κ1) is 19.5. The highest BCUT2D eigenvalue weighted by Gasteiger charge is 2.58. The summed E-state index contributed by atoms with van der Waals surface area (Å²) in [5.41, 5.74) is 5.16. The molecule has 0 bridgehead atoms. The third kappa shape index (κ3) is 3.26. The van der Waals surface area contributed by atoms with Crippen LogP contribution in [0.4, 0.5) is 13.6 Å². The normalized spacial score (nSPS) is 17.6. The highest BCUT2D eigenvalue weighted by molar-refractivity contribution is 5.83. The van der Waals surface area contributed by atoms with Gasteiger partial charge in [0.05, 0.1) is 5.69 Å². The summed E-state index contributed by atoms with van der Waals surface area (Å²) in [4.78, 5) is 30.2. The van der Waals surface area contributed by atoms with E-state index in [4.69, 9.17) is 10.5 Å². The second-order valence-electron chi connectivity index (χ2n) is 6.87. The molecule has 4 rings (SSSR count). The molecule has 152 valence electrons. The van der Waals surface area contributed by atoms with Crippen molar-refractivity contribution in [2.24, 2.45) is 5.73 Å². The predicted octanol–water partition coefficient (Wildman–Crippen LogP) is 3.28. The lowest BCUT2D eigenvalue weighted by atomic mass is 9.78. The first-order valence-electron chi connectivity index (χ1n) is 9.13. The fourth-order valence-electron chi connectivity index (χ4n) is 3.80. The number of ether oxygens (including phenoxy) is 1. The van der Waals surface area contributed by atoms with Gasteiger partial charge in [0.15, 0.2) is 5.60 Å². The molecular formula is C22H17F2N3O3. The van der Waals surface area contributed by atoms with Crippen molar-refractivity contribution in [3.63, 3.8) is 0 Å². The molecule has 0 saturated carbocycles. The summed E-state index contributed by atoms with van der Waals surface area (Å²) in [6.07, 6.45) is 0.749. The van der Waals surface area contributed by atoms with Crippen LogP contribution in [0.5, 0.6) is 0 Å². The van der Waals surface area contributed by atoms with Gasteiger partial charge in [-0.05, 0) is 36.4 Å². The molecule has 1 fully saturated rings. The Kier molecular flexibility index (Phi) is 4.91. The van der Waals surface area contributed by atoms with E-state index in [9.17, 15) is 18.4 Å². The van der Waals surface area contributed by atoms with E-state index >= 15 is 0 Å². The minimum atomic E-state index is -1.51. The van der Waals surface area contributed by atoms with E-state index in [1.165, 1.54) is 53.4 Å². The number of nitrogens with zero attached hydrogens (tertiary/aromatic N) is 2. The number of carbonyl (C=O) groups excluding carboxylic acids is 2. The molecule has 1 saturated heterocycles. The van der Waals surface area contributed by atoms with Crippen LogP contribution in [0, 0.1) is 11.6 Å². The summed E-state index contributed by atoms with van der Waals surface area (Å²) in [5, 5.41) is 0. The molecule has 30 heavy (non-hydrogen) atoms. The van der Waals surface area contributed by atoms with Crippen molar-refractivity contribution in [3.8, 4) is 0 Å². The Balaban J connectivity index is 2.00. The highest BCUT2D eigenvalue weighted by Crippen LogP contribution is 2.51. The van der Waals surface area contributed by atoms with Gasteiger partial charge in [-0.25, -0.2) is 13.6 Å². The van der Waals surface area contributed by atoms with Gasteiger partial charge in [-0.3, -0.25) is 14.7 Å². The number of cyclic esters (lactones) is 1. The van der Waals surface area contributed by atoms with Gasteiger partial charge in [0.1, 0.15) is 24.2 Å². The van der Waals surface area contributed by atoms with E-state index < -0.39 is 41.8 Å². The summed E-state index contributed by atoms with van der Waals surface area (Å²) in [5.74, 6) is -1.68. The number of aromatic nitrogens is 1. The van der Waals surface area contributed by atoms with Gasteiger partial charge in [0.25, 0.3) is 0 Å². The van der Waals surface area contributed by atoms with Crippen LogP contribution in [0.1, 0.15) is 22.9 Å². The Bertz CT molecular complexity index is 1030. The second-order valence-corrected chi connectivity index (χ2v) is 6.87. The molecular weight excluding hydrogens is 392 g/mol. The molecule has 0 radical (unpaired) electrons. The van der Waals surface area contributed by atoms with Crippen molar-refractivity contribution in [2.45, 2.75) is 11.6 Å². The molecule has 1 aromatic heterocycles. The summed E-state index contributed by atoms with van der Waals surface area (Å²) >= 11 is 0. The summed E-state index contributed by atoms with van der Waals surface area (Å²) in [6, 6.07) is 15.1. The van der Waals surface area contributed by atoms with E-state index in [0.717, 1.165) is 0 Å². The fraction of sp³-hybridized carbons (Fsp3) is 0.136. The first-order chi connectivity index (χ1) is 14.4. The van der Waals surface area contributed by atoms with Crippen LogP contribution in [-0.4, -0.2) is 28.4 Å². The molecule has 2 aromatic carbocycles. The fourth-order valence-corrected chi connectivity index (χ4v) is 3.80. The van der Waals surface area contributed by atoms with Crippen LogP contribution in [0.3, 0.4) is 0 Å². The van der Waals surface area contributed by atoms with Gasteiger partial charge in [-0.2, -0.15) is 0 Å². The average Bonchev–Trinajstić information content (AvgIpc) is 3.02. The van der Waals surface area contributed by atoms with Gasteiger partial charge >= 0.3 is 6.09 Å². The molecule has 6 nitrogen and oxygen atoms in total. The minimum absolute atomic E-state index is 0.412. The largest absolute Gasteiger partial charge is 0.430 e. The lowest BCUT2D eigenvalue weighted by Crippen LogP contribution is -2.41. The molecule has 8 heteroatoms. The predicted molar refractivity (Wildman–Crippen MR) is 103 cm³/mol. The van der Waals surface area contributed by atoms with Crippen LogP contribution in [-0.2, 0) is 15.1 Å². The van der Waals surface area contributed by atoms with Gasteiger partial charge in [-0.1, -0.05) is 30.3 Å². The average molecular weight is 409 g/mol. The maximum atomic E-state index is 13.7. The smallest absolute Gasteiger partial charge is 0.412 e. The number of primary amides is 1. The zero-order valence-corrected chi connectivity index (χ0v) is 15.7. The van der Waals surface area contributed by atoms with E-state index in [0.29, 0.717) is 16.8 Å². The number of benzene rings is 2. The lowest BCUT2D eigenvalue weighted by molar-refractivity contribution is -0.118. The number of hydrogen-bond acceptors (Lipinski definition) is 4. The number of pyridine rings is 1. The van der Waals surface area contributed by atoms with Crippen molar-refractivity contribution in [2.75, 3.05) is 6.54 Å². The Labute approximate surface area is 170 Å². The second kappa shape index (κ2) is 7.55. The summed E-state index contributed by atoms with van der Waals surface area (Å²) in [6.45, 7) is -0.412. The third-order valence-electron chi connectivity index (χ3n) is 5.02. The molecule has 2 N–H and O–H groups in total. The van der Waals surface area contributed by atoms with E-state index in [-0.39, 0.29) is 0 Å². The number of amides is 2. The number of nitrogens with two attached hydrogens (primary N) is 1. The first-order valence-corrected chi connectivity index (χ1v) is 9.13. The van der Waals surface area contributed by atoms with Crippen LogP contribution in [0.15, 0.2) is 72.9 Å². The van der Waals surface area contributed by atoms with Crippen LogP contribution < -0.4 is 5.73 Å². The SMILES string of the molecule is NC(=O)CN1C(=O)OC(c2ccc(F)cc2)(c2ccc(F)cc2)C1c1ccccn1. The topological polar surface area (TPSA) is 85.5 Å².